The van der Waals surface area contributed by atoms with Gasteiger partial charge in [0.15, 0.2) is 0 Å². The van der Waals surface area contributed by atoms with E-state index in [1.807, 2.05) is 12.1 Å². The quantitative estimate of drug-likeness (QED) is 0.615. The molecule has 1 aromatic carbocycles. The molecule has 0 aliphatic carbocycles. The van der Waals surface area contributed by atoms with E-state index in [1.54, 1.807) is 23.5 Å². The molecule has 0 radical (unpaired) electrons. The molecule has 0 spiro atoms. The van der Waals surface area contributed by atoms with Gasteiger partial charge in [0.2, 0.25) is 0 Å². The maximum absolute atomic E-state index is 11.0. The number of nitro groups is 1. The number of para-hydroxylation sites is 2. The van der Waals surface area contributed by atoms with Crippen molar-refractivity contribution in [2.75, 3.05) is 11.4 Å². The number of thiophene rings is 1. The van der Waals surface area contributed by atoms with Crippen LogP contribution in [0.5, 0.6) is 0 Å². The topological polar surface area (TPSA) is 46.4 Å². The van der Waals surface area contributed by atoms with Crippen LogP contribution >= 0.6 is 11.3 Å². The van der Waals surface area contributed by atoms with E-state index in [2.05, 4.69) is 16.3 Å². The van der Waals surface area contributed by atoms with Gasteiger partial charge in [0.05, 0.1) is 4.92 Å². The highest BCUT2D eigenvalue weighted by atomic mass is 32.1. The van der Waals surface area contributed by atoms with Crippen LogP contribution in [0.2, 0.25) is 0 Å². The van der Waals surface area contributed by atoms with Gasteiger partial charge in [0.1, 0.15) is 5.69 Å². The van der Waals surface area contributed by atoms with Crippen LogP contribution in [-0.4, -0.2) is 11.5 Å². The number of hydrogen-bond donors (Lipinski definition) is 0. The van der Waals surface area contributed by atoms with Crippen molar-refractivity contribution in [3.63, 3.8) is 0 Å². The van der Waals surface area contributed by atoms with Crippen molar-refractivity contribution < 1.29 is 4.92 Å². The SMILES string of the molecule is O=[N+]([O-])c1ccccc1N1CCc2sccc2C1. The summed E-state index contributed by atoms with van der Waals surface area (Å²) in [5.41, 5.74) is 2.21. The number of benzene rings is 1. The van der Waals surface area contributed by atoms with E-state index in [9.17, 15) is 10.1 Å². The Bertz CT molecular complexity index is 594. The molecule has 4 nitrogen and oxygen atoms in total. The molecular weight excluding hydrogens is 248 g/mol. The third-order valence-electron chi connectivity index (χ3n) is 3.23. The molecule has 3 rings (SSSR count). The van der Waals surface area contributed by atoms with Crippen LogP contribution in [0.1, 0.15) is 10.4 Å². The standard InChI is InChI=1S/C13H12N2O2S/c16-15(17)12-4-2-1-3-11(12)14-7-5-13-10(9-14)6-8-18-13/h1-4,6,8H,5,7,9H2. The van der Waals surface area contributed by atoms with E-state index in [0.29, 0.717) is 0 Å². The lowest BCUT2D eigenvalue weighted by atomic mass is 10.1. The van der Waals surface area contributed by atoms with Crippen molar-refractivity contribution >= 4 is 22.7 Å². The number of anilines is 1. The molecule has 0 amide bonds. The van der Waals surface area contributed by atoms with Crippen molar-refractivity contribution in [1.82, 2.24) is 0 Å². The Hall–Kier alpha value is -1.88. The third-order valence-corrected chi connectivity index (χ3v) is 4.25. The van der Waals surface area contributed by atoms with Gasteiger partial charge < -0.3 is 4.90 Å². The minimum atomic E-state index is -0.307. The maximum Gasteiger partial charge on any atom is 0.292 e. The Morgan fingerprint density at radius 1 is 1.28 bits per heavy atom. The van der Waals surface area contributed by atoms with Crippen LogP contribution in [-0.2, 0) is 13.0 Å². The monoisotopic (exact) mass is 260 g/mol. The Morgan fingerprint density at radius 3 is 2.94 bits per heavy atom. The van der Waals surface area contributed by atoms with E-state index in [1.165, 1.54) is 10.4 Å². The summed E-state index contributed by atoms with van der Waals surface area (Å²) >= 11 is 1.77. The van der Waals surface area contributed by atoms with Gasteiger partial charge >= 0.3 is 0 Å². The van der Waals surface area contributed by atoms with Gasteiger partial charge in [-0.2, -0.15) is 0 Å². The molecule has 92 valence electrons. The largest absolute Gasteiger partial charge is 0.361 e. The second-order valence-corrected chi connectivity index (χ2v) is 5.29. The number of hydrogen-bond acceptors (Lipinski definition) is 4. The van der Waals surface area contributed by atoms with Gasteiger partial charge in [0, 0.05) is 24.0 Å². The Morgan fingerprint density at radius 2 is 2.11 bits per heavy atom. The summed E-state index contributed by atoms with van der Waals surface area (Å²) < 4.78 is 0. The van der Waals surface area contributed by atoms with Crippen molar-refractivity contribution in [2.24, 2.45) is 0 Å². The fraction of sp³-hybridized carbons (Fsp3) is 0.231. The molecule has 0 saturated carbocycles. The highest BCUT2D eigenvalue weighted by molar-refractivity contribution is 7.10. The molecule has 18 heavy (non-hydrogen) atoms. The number of rotatable bonds is 2. The summed E-state index contributed by atoms with van der Waals surface area (Å²) in [6.07, 6.45) is 0.971. The smallest absolute Gasteiger partial charge is 0.292 e. The van der Waals surface area contributed by atoms with Crippen molar-refractivity contribution in [3.8, 4) is 0 Å². The highest BCUT2D eigenvalue weighted by Gasteiger charge is 2.23. The van der Waals surface area contributed by atoms with Crippen molar-refractivity contribution in [1.29, 1.82) is 0 Å². The molecule has 0 bridgehead atoms. The lowest BCUT2D eigenvalue weighted by Gasteiger charge is -2.28. The highest BCUT2D eigenvalue weighted by Crippen LogP contribution is 2.33. The van der Waals surface area contributed by atoms with Gasteiger partial charge in [-0.15, -0.1) is 11.3 Å². The fourth-order valence-electron chi connectivity index (χ4n) is 2.34. The van der Waals surface area contributed by atoms with Crippen LogP contribution in [0.15, 0.2) is 35.7 Å². The van der Waals surface area contributed by atoms with Crippen molar-refractivity contribution in [2.45, 2.75) is 13.0 Å². The molecule has 0 N–H and O–H groups in total. The second-order valence-electron chi connectivity index (χ2n) is 4.29. The minimum absolute atomic E-state index is 0.191. The Labute approximate surface area is 109 Å². The molecule has 5 heteroatoms. The van der Waals surface area contributed by atoms with E-state index in [0.717, 1.165) is 25.2 Å². The van der Waals surface area contributed by atoms with Crippen LogP contribution < -0.4 is 4.90 Å². The minimum Gasteiger partial charge on any atom is -0.361 e. The zero-order chi connectivity index (χ0) is 12.5. The molecule has 2 aromatic rings. The lowest BCUT2D eigenvalue weighted by molar-refractivity contribution is -0.384. The van der Waals surface area contributed by atoms with Crippen LogP contribution in [0.25, 0.3) is 0 Å². The molecule has 1 aromatic heterocycles. The molecule has 2 heterocycles. The summed E-state index contributed by atoms with van der Waals surface area (Å²) in [5.74, 6) is 0. The number of fused-ring (bicyclic) bond motifs is 1. The van der Waals surface area contributed by atoms with E-state index in [4.69, 9.17) is 0 Å². The molecule has 0 saturated heterocycles. The second kappa shape index (κ2) is 4.42. The van der Waals surface area contributed by atoms with Gasteiger partial charge in [-0.25, -0.2) is 0 Å². The predicted molar refractivity (Wildman–Crippen MR) is 72.2 cm³/mol. The third kappa shape index (κ3) is 1.86. The summed E-state index contributed by atoms with van der Waals surface area (Å²) in [6, 6.07) is 9.07. The first-order chi connectivity index (χ1) is 8.75. The van der Waals surface area contributed by atoms with Gasteiger partial charge in [-0.1, -0.05) is 12.1 Å². The van der Waals surface area contributed by atoms with E-state index >= 15 is 0 Å². The summed E-state index contributed by atoms with van der Waals surface area (Å²) in [7, 11) is 0. The fourth-order valence-corrected chi connectivity index (χ4v) is 3.23. The Kier molecular flexibility index (Phi) is 2.76. The lowest BCUT2D eigenvalue weighted by Crippen LogP contribution is -2.29. The normalized spacial score (nSPS) is 14.3. The summed E-state index contributed by atoms with van der Waals surface area (Å²) in [5, 5.41) is 13.1. The van der Waals surface area contributed by atoms with Gasteiger partial charge in [-0.3, -0.25) is 10.1 Å². The zero-order valence-electron chi connectivity index (χ0n) is 9.70. The number of nitro benzene ring substituents is 1. The van der Waals surface area contributed by atoms with Crippen LogP contribution in [0.3, 0.4) is 0 Å². The maximum atomic E-state index is 11.0. The van der Waals surface area contributed by atoms with Crippen LogP contribution in [0, 0.1) is 10.1 Å². The average Bonchev–Trinajstić information content (AvgIpc) is 2.85. The Balaban J connectivity index is 1.95. The predicted octanol–water partition coefficient (Wildman–Crippen LogP) is 3.22. The first-order valence-electron chi connectivity index (χ1n) is 5.79. The molecular formula is C13H12N2O2S. The summed E-state index contributed by atoms with van der Waals surface area (Å²) in [6.45, 7) is 1.61. The molecule has 0 atom stereocenters. The molecule has 1 aliphatic rings. The molecule has 0 fully saturated rings. The average molecular weight is 260 g/mol. The molecule has 1 aliphatic heterocycles. The first-order valence-corrected chi connectivity index (χ1v) is 6.67. The van der Waals surface area contributed by atoms with E-state index < -0.39 is 0 Å². The van der Waals surface area contributed by atoms with Crippen molar-refractivity contribution in [3.05, 3.63) is 56.3 Å². The molecule has 0 unspecified atom stereocenters. The van der Waals surface area contributed by atoms with Gasteiger partial charge in [0.25, 0.3) is 5.69 Å². The number of nitrogens with zero attached hydrogens (tertiary/aromatic N) is 2. The van der Waals surface area contributed by atoms with Crippen LogP contribution in [0.4, 0.5) is 11.4 Å². The summed E-state index contributed by atoms with van der Waals surface area (Å²) in [4.78, 5) is 14.2. The first kappa shape index (κ1) is 11.2. The van der Waals surface area contributed by atoms with Gasteiger partial charge in [-0.05, 0) is 29.5 Å². The van der Waals surface area contributed by atoms with E-state index in [-0.39, 0.29) is 10.6 Å². The zero-order valence-corrected chi connectivity index (χ0v) is 10.5.